The second kappa shape index (κ2) is 10.6. The standard InChI is InChI=1S/C25H29N3O4/c1-5-31-21-8-6-20(7-9-21)23-15-24(29)28(16-27-23)11-10-26-25(30)19(4)32-22-13-17(2)12-18(3)14-22/h6-9,12-16,19H,5,10-11H2,1-4H3,(H,26,30). The molecule has 0 bridgehead atoms. The number of nitrogens with one attached hydrogen (secondary N) is 1. The Kier molecular flexibility index (Phi) is 7.65. The van der Waals surface area contributed by atoms with Gasteiger partial charge in [-0.15, -0.1) is 0 Å². The maximum atomic E-state index is 12.5. The molecule has 32 heavy (non-hydrogen) atoms. The SMILES string of the molecule is CCOc1ccc(-c2cc(=O)n(CCNC(=O)C(C)Oc3cc(C)cc(C)c3)cn2)cc1. The van der Waals surface area contributed by atoms with Crippen molar-refractivity contribution in [2.75, 3.05) is 13.2 Å². The Morgan fingerprint density at radius 3 is 2.38 bits per heavy atom. The van der Waals surface area contributed by atoms with E-state index < -0.39 is 6.10 Å². The maximum Gasteiger partial charge on any atom is 0.260 e. The van der Waals surface area contributed by atoms with Crippen LogP contribution in [0.5, 0.6) is 11.5 Å². The highest BCUT2D eigenvalue weighted by Crippen LogP contribution is 2.20. The number of amides is 1. The Hall–Kier alpha value is -3.61. The number of carbonyl (C=O) groups is 1. The van der Waals surface area contributed by atoms with Crippen LogP contribution < -0.4 is 20.3 Å². The summed E-state index contributed by atoms with van der Waals surface area (Å²) < 4.78 is 12.7. The van der Waals surface area contributed by atoms with Gasteiger partial charge in [-0.3, -0.25) is 14.2 Å². The van der Waals surface area contributed by atoms with Gasteiger partial charge in [-0.2, -0.15) is 0 Å². The predicted molar refractivity (Wildman–Crippen MR) is 124 cm³/mol. The first-order chi connectivity index (χ1) is 15.4. The molecule has 3 aromatic rings. The molecule has 0 aliphatic rings. The molecule has 1 aromatic heterocycles. The minimum atomic E-state index is -0.645. The molecule has 1 unspecified atom stereocenters. The molecule has 0 fully saturated rings. The molecular formula is C25H29N3O4. The van der Waals surface area contributed by atoms with E-state index in [4.69, 9.17) is 9.47 Å². The van der Waals surface area contributed by atoms with E-state index in [0.29, 0.717) is 31.1 Å². The zero-order valence-corrected chi connectivity index (χ0v) is 18.9. The first-order valence-electron chi connectivity index (χ1n) is 10.7. The molecule has 7 nitrogen and oxygen atoms in total. The second-order valence-corrected chi connectivity index (χ2v) is 7.64. The number of ether oxygens (including phenoxy) is 2. The van der Waals surface area contributed by atoms with Gasteiger partial charge in [0, 0.05) is 24.7 Å². The number of nitrogens with zero attached hydrogens (tertiary/aromatic N) is 2. The average Bonchev–Trinajstić information content (AvgIpc) is 2.74. The predicted octanol–water partition coefficient (Wildman–Crippen LogP) is 3.51. The molecule has 0 aliphatic heterocycles. The van der Waals surface area contributed by atoms with Crippen molar-refractivity contribution in [3.8, 4) is 22.8 Å². The number of benzene rings is 2. The molecule has 0 aliphatic carbocycles. The highest BCUT2D eigenvalue weighted by atomic mass is 16.5. The lowest BCUT2D eigenvalue weighted by atomic mass is 10.1. The Balaban J connectivity index is 1.54. The molecule has 7 heteroatoms. The smallest absolute Gasteiger partial charge is 0.260 e. The molecule has 0 radical (unpaired) electrons. The summed E-state index contributed by atoms with van der Waals surface area (Å²) in [5.74, 6) is 1.20. The minimum absolute atomic E-state index is 0.183. The van der Waals surface area contributed by atoms with Gasteiger partial charge in [0.25, 0.3) is 11.5 Å². The molecule has 1 N–H and O–H groups in total. The lowest BCUT2D eigenvalue weighted by molar-refractivity contribution is -0.127. The van der Waals surface area contributed by atoms with Crippen LogP contribution in [0.3, 0.4) is 0 Å². The summed E-state index contributed by atoms with van der Waals surface area (Å²) >= 11 is 0. The topological polar surface area (TPSA) is 82.5 Å². The summed E-state index contributed by atoms with van der Waals surface area (Å²) in [6.45, 7) is 8.80. The minimum Gasteiger partial charge on any atom is -0.494 e. The quantitative estimate of drug-likeness (QED) is 0.556. The highest BCUT2D eigenvalue weighted by Gasteiger charge is 2.14. The van der Waals surface area contributed by atoms with E-state index in [-0.39, 0.29) is 11.5 Å². The summed E-state index contributed by atoms with van der Waals surface area (Å²) in [7, 11) is 0. The van der Waals surface area contributed by atoms with E-state index in [1.165, 1.54) is 17.0 Å². The fraction of sp³-hybridized carbons (Fsp3) is 0.320. The zero-order valence-electron chi connectivity index (χ0n) is 18.9. The van der Waals surface area contributed by atoms with Crippen molar-refractivity contribution in [2.45, 2.75) is 40.3 Å². The van der Waals surface area contributed by atoms with Crippen molar-refractivity contribution < 1.29 is 14.3 Å². The monoisotopic (exact) mass is 435 g/mol. The van der Waals surface area contributed by atoms with Crippen LogP contribution in [0.1, 0.15) is 25.0 Å². The first-order valence-corrected chi connectivity index (χ1v) is 10.7. The summed E-state index contributed by atoms with van der Waals surface area (Å²) in [4.78, 5) is 29.2. The van der Waals surface area contributed by atoms with E-state index in [9.17, 15) is 9.59 Å². The van der Waals surface area contributed by atoms with Crippen molar-refractivity contribution in [1.29, 1.82) is 0 Å². The van der Waals surface area contributed by atoms with Gasteiger partial charge in [-0.1, -0.05) is 6.07 Å². The molecule has 0 spiro atoms. The van der Waals surface area contributed by atoms with Crippen LogP contribution in [0.4, 0.5) is 0 Å². The lowest BCUT2D eigenvalue weighted by Gasteiger charge is -2.16. The van der Waals surface area contributed by atoms with Crippen molar-refractivity contribution in [2.24, 2.45) is 0 Å². The largest absolute Gasteiger partial charge is 0.494 e. The van der Waals surface area contributed by atoms with Crippen molar-refractivity contribution in [3.63, 3.8) is 0 Å². The Bertz CT molecular complexity index is 1100. The van der Waals surface area contributed by atoms with Gasteiger partial charge < -0.3 is 14.8 Å². The maximum absolute atomic E-state index is 12.5. The number of carbonyl (C=O) groups excluding carboxylic acids is 1. The van der Waals surface area contributed by atoms with Crippen LogP contribution in [-0.4, -0.2) is 34.7 Å². The number of aryl methyl sites for hydroxylation is 2. The average molecular weight is 436 g/mol. The second-order valence-electron chi connectivity index (χ2n) is 7.64. The molecule has 1 atom stereocenters. The molecular weight excluding hydrogens is 406 g/mol. The van der Waals surface area contributed by atoms with E-state index >= 15 is 0 Å². The van der Waals surface area contributed by atoms with Gasteiger partial charge >= 0.3 is 0 Å². The van der Waals surface area contributed by atoms with Gasteiger partial charge in [0.15, 0.2) is 6.10 Å². The summed E-state index contributed by atoms with van der Waals surface area (Å²) in [5.41, 5.74) is 3.40. The van der Waals surface area contributed by atoms with Gasteiger partial charge in [0.05, 0.1) is 18.6 Å². The first kappa shape index (κ1) is 23.1. The lowest BCUT2D eigenvalue weighted by Crippen LogP contribution is -2.38. The third kappa shape index (κ3) is 6.20. The van der Waals surface area contributed by atoms with E-state index in [0.717, 1.165) is 22.4 Å². The van der Waals surface area contributed by atoms with E-state index in [1.54, 1.807) is 6.92 Å². The van der Waals surface area contributed by atoms with Gasteiger partial charge in [0.2, 0.25) is 0 Å². The normalized spacial score (nSPS) is 11.6. The number of hydrogen-bond acceptors (Lipinski definition) is 5. The Labute approximate surface area is 188 Å². The van der Waals surface area contributed by atoms with Crippen LogP contribution in [0.15, 0.2) is 59.7 Å². The highest BCUT2D eigenvalue weighted by molar-refractivity contribution is 5.80. The molecule has 0 saturated heterocycles. The molecule has 1 heterocycles. The Morgan fingerprint density at radius 1 is 1.06 bits per heavy atom. The third-order valence-electron chi connectivity index (χ3n) is 4.87. The summed E-state index contributed by atoms with van der Waals surface area (Å²) in [6.07, 6.45) is 0.850. The van der Waals surface area contributed by atoms with Crippen LogP contribution in [-0.2, 0) is 11.3 Å². The van der Waals surface area contributed by atoms with Crippen LogP contribution in [0.2, 0.25) is 0 Å². The van der Waals surface area contributed by atoms with Gasteiger partial charge in [-0.05, 0) is 75.2 Å². The summed E-state index contributed by atoms with van der Waals surface area (Å²) in [6, 6.07) is 14.8. The summed E-state index contributed by atoms with van der Waals surface area (Å²) in [5, 5.41) is 2.81. The van der Waals surface area contributed by atoms with E-state index in [2.05, 4.69) is 10.3 Å². The van der Waals surface area contributed by atoms with Crippen molar-refractivity contribution in [1.82, 2.24) is 14.9 Å². The third-order valence-corrected chi connectivity index (χ3v) is 4.87. The number of rotatable bonds is 9. The van der Waals surface area contributed by atoms with Crippen molar-refractivity contribution >= 4 is 5.91 Å². The number of aromatic nitrogens is 2. The molecule has 0 saturated carbocycles. The van der Waals surface area contributed by atoms with Crippen LogP contribution in [0.25, 0.3) is 11.3 Å². The molecule has 2 aromatic carbocycles. The molecule has 1 amide bonds. The molecule has 168 valence electrons. The Morgan fingerprint density at radius 2 is 1.75 bits per heavy atom. The van der Waals surface area contributed by atoms with Gasteiger partial charge in [0.1, 0.15) is 11.5 Å². The number of hydrogen-bond donors (Lipinski definition) is 1. The zero-order chi connectivity index (χ0) is 23.1. The van der Waals surface area contributed by atoms with E-state index in [1.807, 2.05) is 63.2 Å². The molecule has 3 rings (SSSR count). The fourth-order valence-corrected chi connectivity index (χ4v) is 3.34. The van der Waals surface area contributed by atoms with Crippen LogP contribution in [0, 0.1) is 13.8 Å². The fourth-order valence-electron chi connectivity index (χ4n) is 3.34. The van der Waals surface area contributed by atoms with Gasteiger partial charge in [-0.25, -0.2) is 4.98 Å². The van der Waals surface area contributed by atoms with Crippen LogP contribution >= 0.6 is 0 Å². The van der Waals surface area contributed by atoms with Crippen molar-refractivity contribution in [3.05, 3.63) is 76.3 Å².